The highest BCUT2D eigenvalue weighted by atomic mass is 32.1. The zero-order valence-electron chi connectivity index (χ0n) is 15.4. The molecule has 7 heteroatoms. The number of fused-ring (bicyclic) bond motifs is 3. The monoisotopic (exact) mass is 374 g/mol. The van der Waals surface area contributed by atoms with Crippen LogP contribution in [-0.2, 0) is 17.6 Å². The zero-order chi connectivity index (χ0) is 18.3. The van der Waals surface area contributed by atoms with Crippen LogP contribution in [0, 0.1) is 5.92 Å². The number of nitrogens with zero attached hydrogens (tertiary/aromatic N) is 3. The molecule has 2 heterocycles. The van der Waals surface area contributed by atoms with Gasteiger partial charge in [0.1, 0.15) is 17.3 Å². The fraction of sp³-hybridized carbons (Fsp3) is 0.632. The molecule has 2 aromatic heterocycles. The predicted octanol–water partition coefficient (Wildman–Crippen LogP) is 2.53. The molecule has 6 nitrogen and oxygen atoms in total. The maximum absolute atomic E-state index is 11.7. The molecule has 140 valence electrons. The fourth-order valence-electron chi connectivity index (χ4n) is 4.25. The van der Waals surface area contributed by atoms with Gasteiger partial charge in [-0.1, -0.05) is 0 Å². The molecule has 0 aliphatic heterocycles. The molecule has 1 saturated carbocycles. The third-order valence-corrected chi connectivity index (χ3v) is 7.06. The van der Waals surface area contributed by atoms with E-state index in [9.17, 15) is 4.79 Å². The van der Waals surface area contributed by atoms with Crippen LogP contribution in [0.5, 0.6) is 5.88 Å². The van der Waals surface area contributed by atoms with Crippen molar-refractivity contribution in [3.8, 4) is 5.88 Å². The molecule has 1 amide bonds. The molecular weight excluding hydrogens is 348 g/mol. The van der Waals surface area contributed by atoms with Crippen LogP contribution in [0.15, 0.2) is 6.33 Å². The largest absolute Gasteiger partial charge is 0.474 e. The van der Waals surface area contributed by atoms with Gasteiger partial charge < -0.3 is 15.4 Å². The van der Waals surface area contributed by atoms with Crippen LogP contribution in [0.25, 0.3) is 10.2 Å². The molecule has 2 aliphatic rings. The molecule has 2 aromatic rings. The molecule has 2 aliphatic carbocycles. The van der Waals surface area contributed by atoms with Crippen LogP contribution in [0.4, 0.5) is 0 Å². The molecule has 4 rings (SSSR count). The first-order chi connectivity index (χ1) is 12.5. The van der Waals surface area contributed by atoms with Gasteiger partial charge >= 0.3 is 0 Å². The van der Waals surface area contributed by atoms with Crippen molar-refractivity contribution in [1.82, 2.24) is 14.9 Å². The number of nitrogens with two attached hydrogens (primary N) is 1. The van der Waals surface area contributed by atoms with Gasteiger partial charge in [-0.2, -0.15) is 0 Å². The topological polar surface area (TPSA) is 81.3 Å². The number of hydrogen-bond donors (Lipinski definition) is 1. The first-order valence-electron chi connectivity index (χ1n) is 9.40. The zero-order valence-corrected chi connectivity index (χ0v) is 16.2. The number of thiophene rings is 1. The van der Waals surface area contributed by atoms with E-state index in [-0.39, 0.29) is 17.9 Å². The van der Waals surface area contributed by atoms with Crippen molar-refractivity contribution in [2.45, 2.75) is 57.1 Å². The third-order valence-electron chi connectivity index (χ3n) is 5.86. The number of amides is 1. The molecular formula is C19H26N4O2S. The summed E-state index contributed by atoms with van der Waals surface area (Å²) in [5, 5.41) is 1.01. The van der Waals surface area contributed by atoms with E-state index in [1.54, 1.807) is 17.7 Å². The van der Waals surface area contributed by atoms with Crippen molar-refractivity contribution >= 4 is 27.5 Å². The standard InChI is InChI=1S/C19H26N4O2S/c1-23(2)12-4-6-13(7-5-12)25-18-16-14-9-11(17(20)24)3-8-15(14)26-19(16)22-10-21-18/h10-13H,3-9H2,1-2H3,(H2,20,24)/t11-,12-,13-/m0/s1. The SMILES string of the molecule is CN(C)[C@H]1CC[C@H](Oc2ncnc3sc4c(c23)C[C@@H](C(N)=O)CC4)CC1. The lowest BCUT2D eigenvalue weighted by molar-refractivity contribution is -0.122. The van der Waals surface area contributed by atoms with E-state index in [2.05, 4.69) is 29.0 Å². The molecule has 2 N–H and O–H groups in total. The first kappa shape index (κ1) is 17.7. The Hall–Kier alpha value is -1.73. The van der Waals surface area contributed by atoms with Gasteiger partial charge in [0, 0.05) is 16.8 Å². The van der Waals surface area contributed by atoms with Gasteiger partial charge in [-0.3, -0.25) is 4.79 Å². The molecule has 26 heavy (non-hydrogen) atoms. The number of carbonyl (C=O) groups is 1. The highest BCUT2D eigenvalue weighted by Crippen LogP contribution is 2.41. The van der Waals surface area contributed by atoms with Gasteiger partial charge in [-0.25, -0.2) is 9.97 Å². The van der Waals surface area contributed by atoms with Crippen molar-refractivity contribution in [3.05, 3.63) is 16.8 Å². The Labute approximate surface area is 157 Å². The Kier molecular flexibility index (Phi) is 4.84. The van der Waals surface area contributed by atoms with Crippen LogP contribution in [0.2, 0.25) is 0 Å². The smallest absolute Gasteiger partial charge is 0.225 e. The van der Waals surface area contributed by atoms with Crippen LogP contribution in [0.1, 0.15) is 42.5 Å². The summed E-state index contributed by atoms with van der Waals surface area (Å²) in [5.74, 6) is 0.381. The first-order valence-corrected chi connectivity index (χ1v) is 10.2. The van der Waals surface area contributed by atoms with Crippen LogP contribution in [-0.4, -0.2) is 47.0 Å². The maximum Gasteiger partial charge on any atom is 0.225 e. The third kappa shape index (κ3) is 3.30. The van der Waals surface area contributed by atoms with E-state index >= 15 is 0 Å². The second-order valence-electron chi connectivity index (χ2n) is 7.72. The summed E-state index contributed by atoms with van der Waals surface area (Å²) in [4.78, 5) is 25.1. The quantitative estimate of drug-likeness (QED) is 0.889. The Morgan fingerprint density at radius 1 is 1.23 bits per heavy atom. The summed E-state index contributed by atoms with van der Waals surface area (Å²) in [7, 11) is 4.29. The minimum Gasteiger partial charge on any atom is -0.474 e. The second-order valence-corrected chi connectivity index (χ2v) is 8.80. The predicted molar refractivity (Wildman–Crippen MR) is 102 cm³/mol. The Balaban J connectivity index is 1.58. The second kappa shape index (κ2) is 7.12. The van der Waals surface area contributed by atoms with E-state index in [1.165, 1.54) is 10.4 Å². The number of aromatic nitrogens is 2. The van der Waals surface area contributed by atoms with Crippen LogP contribution in [0.3, 0.4) is 0 Å². The summed E-state index contributed by atoms with van der Waals surface area (Å²) in [6.45, 7) is 0. The van der Waals surface area contributed by atoms with Gasteiger partial charge in [0.05, 0.1) is 5.39 Å². The minimum absolute atomic E-state index is 0.0936. The minimum atomic E-state index is -0.212. The van der Waals surface area contributed by atoms with Gasteiger partial charge in [0.15, 0.2) is 0 Å². The number of hydrogen-bond acceptors (Lipinski definition) is 6. The Morgan fingerprint density at radius 2 is 2.00 bits per heavy atom. The molecule has 1 atom stereocenters. The summed E-state index contributed by atoms with van der Waals surface area (Å²) in [6, 6.07) is 0.644. The average molecular weight is 375 g/mol. The highest BCUT2D eigenvalue weighted by Gasteiger charge is 2.30. The molecule has 0 spiro atoms. The molecule has 0 bridgehead atoms. The lowest BCUT2D eigenvalue weighted by atomic mass is 9.87. The van der Waals surface area contributed by atoms with Gasteiger partial charge in [0.25, 0.3) is 0 Å². The number of rotatable bonds is 4. The maximum atomic E-state index is 11.7. The summed E-state index contributed by atoms with van der Waals surface area (Å²) >= 11 is 1.70. The molecule has 0 radical (unpaired) electrons. The van der Waals surface area contributed by atoms with Crippen molar-refractivity contribution in [3.63, 3.8) is 0 Å². The summed E-state index contributed by atoms with van der Waals surface area (Å²) < 4.78 is 6.34. The van der Waals surface area contributed by atoms with Gasteiger partial charge in [-0.15, -0.1) is 11.3 Å². The number of primary amides is 1. The van der Waals surface area contributed by atoms with Crippen LogP contribution >= 0.6 is 11.3 Å². The van der Waals surface area contributed by atoms with E-state index < -0.39 is 0 Å². The van der Waals surface area contributed by atoms with Crippen molar-refractivity contribution in [1.29, 1.82) is 0 Å². The average Bonchev–Trinajstić information content (AvgIpc) is 3.00. The number of aryl methyl sites for hydroxylation is 1. The Morgan fingerprint density at radius 3 is 2.69 bits per heavy atom. The fourth-order valence-corrected chi connectivity index (χ4v) is 5.42. The number of ether oxygens (including phenoxy) is 1. The molecule has 0 saturated heterocycles. The number of carbonyl (C=O) groups excluding carboxylic acids is 1. The van der Waals surface area contributed by atoms with Gasteiger partial charge in [-0.05, 0) is 64.6 Å². The summed E-state index contributed by atoms with van der Waals surface area (Å²) in [5.41, 5.74) is 6.74. The van der Waals surface area contributed by atoms with E-state index in [0.717, 1.165) is 48.7 Å². The van der Waals surface area contributed by atoms with Crippen molar-refractivity contribution in [2.75, 3.05) is 14.1 Å². The molecule has 0 aromatic carbocycles. The van der Waals surface area contributed by atoms with E-state index in [0.29, 0.717) is 18.3 Å². The van der Waals surface area contributed by atoms with Crippen LogP contribution < -0.4 is 10.5 Å². The summed E-state index contributed by atoms with van der Waals surface area (Å²) in [6.07, 6.45) is 8.59. The van der Waals surface area contributed by atoms with Gasteiger partial charge in [0.2, 0.25) is 11.8 Å². The Bertz CT molecular complexity index is 811. The van der Waals surface area contributed by atoms with Crippen molar-refractivity contribution in [2.24, 2.45) is 11.7 Å². The normalized spacial score (nSPS) is 26.0. The lowest BCUT2D eigenvalue weighted by Crippen LogP contribution is -2.35. The lowest BCUT2D eigenvalue weighted by Gasteiger charge is -2.32. The molecule has 1 fully saturated rings. The molecule has 0 unspecified atom stereocenters. The van der Waals surface area contributed by atoms with Crippen molar-refractivity contribution < 1.29 is 9.53 Å². The highest BCUT2D eigenvalue weighted by molar-refractivity contribution is 7.18. The van der Waals surface area contributed by atoms with E-state index in [4.69, 9.17) is 10.5 Å². The van der Waals surface area contributed by atoms with E-state index in [1.807, 2.05) is 0 Å².